The summed E-state index contributed by atoms with van der Waals surface area (Å²) in [6.07, 6.45) is 1.80. The Morgan fingerprint density at radius 2 is 2.11 bits per heavy atom. The first-order chi connectivity index (χ1) is 8.56. The number of aromatic nitrogens is 1. The smallest absolute Gasteiger partial charge is 0.251 e. The maximum Gasteiger partial charge on any atom is 0.251 e. The average Bonchev–Trinajstić information content (AvgIpc) is 2.33. The fourth-order valence-corrected chi connectivity index (χ4v) is 1.88. The number of hydrogen-bond acceptors (Lipinski definition) is 2. The molecule has 4 heteroatoms. The maximum absolute atomic E-state index is 11.8. The lowest BCUT2D eigenvalue weighted by atomic mass is 10.1. The summed E-state index contributed by atoms with van der Waals surface area (Å²) < 4.78 is 1.66. The molecule has 0 aliphatic heterocycles. The number of rotatable bonds is 3. The van der Waals surface area contributed by atoms with E-state index >= 15 is 0 Å². The first kappa shape index (κ1) is 12.5. The summed E-state index contributed by atoms with van der Waals surface area (Å²) in [6, 6.07) is 11.2. The Bertz CT molecular complexity index is 646. The number of pyridine rings is 1. The SMILES string of the molecule is Cc1ccn(Cc2cccc(C(N)=S)c2)c(=O)c1. The van der Waals surface area contributed by atoms with E-state index in [-0.39, 0.29) is 5.56 Å². The third kappa shape index (κ3) is 2.84. The molecule has 1 aromatic heterocycles. The van der Waals surface area contributed by atoms with Crippen molar-refractivity contribution in [2.45, 2.75) is 13.5 Å². The molecule has 0 radical (unpaired) electrons. The minimum absolute atomic E-state index is 0.00396. The van der Waals surface area contributed by atoms with Crippen LogP contribution >= 0.6 is 12.2 Å². The zero-order valence-corrected chi connectivity index (χ0v) is 10.9. The predicted octanol–water partition coefficient (Wildman–Crippen LogP) is 1.84. The molecule has 0 saturated heterocycles. The largest absolute Gasteiger partial charge is 0.389 e. The molecule has 0 aliphatic rings. The van der Waals surface area contributed by atoms with Crippen LogP contribution in [0.15, 0.2) is 47.4 Å². The van der Waals surface area contributed by atoms with E-state index in [1.807, 2.05) is 37.3 Å². The monoisotopic (exact) mass is 258 g/mol. The fraction of sp³-hybridized carbons (Fsp3) is 0.143. The van der Waals surface area contributed by atoms with Crippen LogP contribution in [-0.2, 0) is 6.54 Å². The van der Waals surface area contributed by atoms with E-state index in [9.17, 15) is 4.79 Å². The number of nitrogens with zero attached hydrogens (tertiary/aromatic N) is 1. The zero-order chi connectivity index (χ0) is 13.1. The number of nitrogens with two attached hydrogens (primary N) is 1. The Morgan fingerprint density at radius 1 is 1.33 bits per heavy atom. The van der Waals surface area contributed by atoms with Crippen LogP contribution in [0.5, 0.6) is 0 Å². The van der Waals surface area contributed by atoms with E-state index in [4.69, 9.17) is 18.0 Å². The van der Waals surface area contributed by atoms with Crippen molar-refractivity contribution in [1.82, 2.24) is 4.57 Å². The third-order valence-corrected chi connectivity index (χ3v) is 2.95. The first-order valence-electron chi connectivity index (χ1n) is 5.62. The second kappa shape index (κ2) is 5.14. The van der Waals surface area contributed by atoms with E-state index in [0.717, 1.165) is 16.7 Å². The van der Waals surface area contributed by atoms with Gasteiger partial charge in [0, 0.05) is 17.8 Å². The second-order valence-corrected chi connectivity index (χ2v) is 4.67. The molecule has 0 amide bonds. The lowest BCUT2D eigenvalue weighted by Gasteiger charge is -2.07. The Kier molecular flexibility index (Phi) is 3.58. The number of thiocarbonyl (C=S) groups is 1. The van der Waals surface area contributed by atoms with Crippen LogP contribution in [-0.4, -0.2) is 9.56 Å². The van der Waals surface area contributed by atoms with Gasteiger partial charge in [-0.2, -0.15) is 0 Å². The van der Waals surface area contributed by atoms with Crippen molar-refractivity contribution < 1.29 is 0 Å². The first-order valence-corrected chi connectivity index (χ1v) is 6.03. The van der Waals surface area contributed by atoms with Crippen molar-refractivity contribution >= 4 is 17.2 Å². The van der Waals surface area contributed by atoms with Gasteiger partial charge in [0.25, 0.3) is 5.56 Å². The molecular weight excluding hydrogens is 244 g/mol. The summed E-state index contributed by atoms with van der Waals surface area (Å²) in [6.45, 7) is 2.43. The van der Waals surface area contributed by atoms with Crippen LogP contribution < -0.4 is 11.3 Å². The maximum atomic E-state index is 11.8. The second-order valence-electron chi connectivity index (χ2n) is 4.23. The van der Waals surface area contributed by atoms with Crippen molar-refractivity contribution in [1.29, 1.82) is 0 Å². The molecule has 1 aromatic carbocycles. The van der Waals surface area contributed by atoms with Crippen LogP contribution in [0.25, 0.3) is 0 Å². The Balaban J connectivity index is 2.31. The highest BCUT2D eigenvalue weighted by molar-refractivity contribution is 7.80. The minimum Gasteiger partial charge on any atom is -0.389 e. The van der Waals surface area contributed by atoms with E-state index in [0.29, 0.717) is 11.5 Å². The summed E-state index contributed by atoms with van der Waals surface area (Å²) in [4.78, 5) is 12.1. The van der Waals surface area contributed by atoms with Crippen LogP contribution in [0.2, 0.25) is 0 Å². The molecule has 0 fully saturated rings. The van der Waals surface area contributed by atoms with E-state index in [1.54, 1.807) is 16.8 Å². The van der Waals surface area contributed by atoms with Gasteiger partial charge in [0.05, 0.1) is 6.54 Å². The van der Waals surface area contributed by atoms with Gasteiger partial charge in [-0.15, -0.1) is 0 Å². The van der Waals surface area contributed by atoms with Crippen LogP contribution in [0.1, 0.15) is 16.7 Å². The Hall–Kier alpha value is -1.94. The molecule has 0 saturated carbocycles. The minimum atomic E-state index is -0.00396. The molecule has 92 valence electrons. The van der Waals surface area contributed by atoms with Gasteiger partial charge in [0.1, 0.15) is 4.99 Å². The van der Waals surface area contributed by atoms with Crippen LogP contribution in [0, 0.1) is 6.92 Å². The Labute approximate surface area is 111 Å². The number of hydrogen-bond donors (Lipinski definition) is 1. The quantitative estimate of drug-likeness (QED) is 0.855. The average molecular weight is 258 g/mol. The molecule has 3 nitrogen and oxygen atoms in total. The fourth-order valence-electron chi connectivity index (χ4n) is 1.76. The van der Waals surface area contributed by atoms with Crippen molar-refractivity contribution in [2.75, 3.05) is 0 Å². The highest BCUT2D eigenvalue weighted by Crippen LogP contribution is 2.06. The standard InChI is InChI=1S/C14H14N2OS/c1-10-5-6-16(13(17)7-10)9-11-3-2-4-12(8-11)14(15)18/h2-8H,9H2,1H3,(H2,15,18). The van der Waals surface area contributed by atoms with Gasteiger partial charge in [-0.3, -0.25) is 4.79 Å². The van der Waals surface area contributed by atoms with Gasteiger partial charge < -0.3 is 10.3 Å². The highest BCUT2D eigenvalue weighted by atomic mass is 32.1. The van der Waals surface area contributed by atoms with Gasteiger partial charge in [0.15, 0.2) is 0 Å². The molecule has 0 unspecified atom stereocenters. The van der Waals surface area contributed by atoms with Crippen molar-refractivity contribution in [3.8, 4) is 0 Å². The molecule has 2 rings (SSSR count). The molecule has 2 aromatic rings. The van der Waals surface area contributed by atoms with Crippen LogP contribution in [0.4, 0.5) is 0 Å². The lowest BCUT2D eigenvalue weighted by Crippen LogP contribution is -2.19. The molecule has 2 N–H and O–H groups in total. The zero-order valence-electron chi connectivity index (χ0n) is 10.1. The summed E-state index contributed by atoms with van der Waals surface area (Å²) >= 11 is 4.94. The lowest BCUT2D eigenvalue weighted by molar-refractivity contribution is 0.757. The normalized spacial score (nSPS) is 10.3. The third-order valence-electron chi connectivity index (χ3n) is 2.72. The summed E-state index contributed by atoms with van der Waals surface area (Å²) in [5, 5.41) is 0. The van der Waals surface area contributed by atoms with Crippen molar-refractivity contribution in [3.05, 3.63) is 69.6 Å². The van der Waals surface area contributed by atoms with E-state index < -0.39 is 0 Å². The molecule has 18 heavy (non-hydrogen) atoms. The van der Waals surface area contributed by atoms with Crippen LogP contribution in [0.3, 0.4) is 0 Å². The van der Waals surface area contributed by atoms with E-state index in [2.05, 4.69) is 0 Å². The topological polar surface area (TPSA) is 48.0 Å². The summed E-state index contributed by atoms with van der Waals surface area (Å²) in [5.74, 6) is 0. The molecule has 0 atom stereocenters. The van der Waals surface area contributed by atoms with Gasteiger partial charge >= 0.3 is 0 Å². The van der Waals surface area contributed by atoms with Crippen molar-refractivity contribution in [3.63, 3.8) is 0 Å². The predicted molar refractivity (Wildman–Crippen MR) is 76.9 cm³/mol. The highest BCUT2D eigenvalue weighted by Gasteiger charge is 2.01. The van der Waals surface area contributed by atoms with Crippen molar-refractivity contribution in [2.24, 2.45) is 5.73 Å². The van der Waals surface area contributed by atoms with E-state index in [1.165, 1.54) is 0 Å². The number of aryl methyl sites for hydroxylation is 1. The molecule has 0 spiro atoms. The van der Waals surface area contributed by atoms with Gasteiger partial charge in [-0.05, 0) is 30.2 Å². The molecule has 0 aliphatic carbocycles. The summed E-state index contributed by atoms with van der Waals surface area (Å²) in [5.41, 5.74) is 8.38. The Morgan fingerprint density at radius 3 is 2.78 bits per heavy atom. The molecule has 1 heterocycles. The number of benzene rings is 1. The molecule has 0 bridgehead atoms. The summed E-state index contributed by atoms with van der Waals surface area (Å²) in [7, 11) is 0. The van der Waals surface area contributed by atoms with Gasteiger partial charge in [-0.25, -0.2) is 0 Å². The van der Waals surface area contributed by atoms with Gasteiger partial charge in [0.2, 0.25) is 0 Å². The molecular formula is C14H14N2OS. The van der Waals surface area contributed by atoms with Gasteiger partial charge in [-0.1, -0.05) is 30.4 Å².